The van der Waals surface area contributed by atoms with E-state index in [9.17, 15) is 22.8 Å². The maximum atomic E-state index is 12.8. The number of rotatable bonds is 6. The van der Waals surface area contributed by atoms with Crippen molar-refractivity contribution >= 4 is 51.7 Å². The summed E-state index contributed by atoms with van der Waals surface area (Å²) in [6.07, 6.45) is -1.21. The van der Waals surface area contributed by atoms with Crippen molar-refractivity contribution in [2.45, 2.75) is 31.5 Å². The molecule has 2 aliphatic rings. The minimum Gasteiger partial charge on any atom is -0.360 e. The molecular weight excluding hydrogens is 508 g/mol. The van der Waals surface area contributed by atoms with Crippen LogP contribution in [-0.4, -0.2) is 83.1 Å². The van der Waals surface area contributed by atoms with Gasteiger partial charge in [-0.2, -0.15) is 13.2 Å². The fourth-order valence-corrected chi connectivity index (χ4v) is 4.91. The van der Waals surface area contributed by atoms with Crippen LogP contribution in [-0.2, 0) is 9.59 Å². The third kappa shape index (κ3) is 6.25. The van der Waals surface area contributed by atoms with E-state index in [1.807, 2.05) is 5.32 Å². The number of alkyl halides is 3. The highest BCUT2D eigenvalue weighted by atomic mass is 35.5. The Morgan fingerprint density at radius 1 is 1.06 bits per heavy atom. The molecule has 2 amide bonds. The number of halogens is 5. The Balaban J connectivity index is 1.24. The van der Waals surface area contributed by atoms with Gasteiger partial charge in [0.15, 0.2) is 0 Å². The van der Waals surface area contributed by atoms with E-state index in [1.165, 1.54) is 6.33 Å². The number of aromatic nitrogens is 2. The monoisotopic (exact) mass is 532 g/mol. The lowest BCUT2D eigenvalue weighted by molar-refractivity contribution is -0.173. The molecule has 0 bridgehead atoms. The molecule has 4 rings (SSSR count). The predicted octanol–water partition coefficient (Wildman–Crippen LogP) is 3.34. The molecule has 0 aliphatic carbocycles. The number of benzene rings is 1. The van der Waals surface area contributed by atoms with Crippen LogP contribution in [0.1, 0.15) is 19.3 Å². The van der Waals surface area contributed by atoms with Crippen LogP contribution in [0.25, 0.3) is 10.9 Å². The van der Waals surface area contributed by atoms with Crippen molar-refractivity contribution in [3.05, 3.63) is 28.5 Å². The average Bonchev–Trinajstić information content (AvgIpc) is 3.32. The molecule has 1 unspecified atom stereocenters. The van der Waals surface area contributed by atoms with Crippen molar-refractivity contribution in [2.24, 2.45) is 5.92 Å². The van der Waals surface area contributed by atoms with Crippen molar-refractivity contribution in [1.82, 2.24) is 25.1 Å². The van der Waals surface area contributed by atoms with Gasteiger partial charge in [-0.25, -0.2) is 9.97 Å². The topological polar surface area (TPSA) is 90.5 Å². The van der Waals surface area contributed by atoms with Gasteiger partial charge in [0.2, 0.25) is 5.91 Å². The molecule has 8 nitrogen and oxygen atoms in total. The zero-order valence-corrected chi connectivity index (χ0v) is 20.3. The number of nitrogens with one attached hydrogen (secondary N) is 2. The Hall–Kier alpha value is -2.37. The summed E-state index contributed by atoms with van der Waals surface area (Å²) in [6, 6.07) is 3.52. The number of nitrogens with zero attached hydrogens (tertiary/aromatic N) is 4. The zero-order valence-electron chi connectivity index (χ0n) is 18.7. The Kier molecular flexibility index (Phi) is 7.87. The summed E-state index contributed by atoms with van der Waals surface area (Å²) < 4.78 is 37.0. The average molecular weight is 533 g/mol. The van der Waals surface area contributed by atoms with E-state index in [0.29, 0.717) is 52.7 Å². The smallest absolute Gasteiger partial charge is 0.360 e. The normalized spacial score (nSPS) is 19.8. The van der Waals surface area contributed by atoms with Crippen LogP contribution in [0.3, 0.4) is 0 Å². The molecule has 35 heavy (non-hydrogen) atoms. The lowest BCUT2D eigenvalue weighted by Crippen LogP contribution is -2.46. The van der Waals surface area contributed by atoms with Crippen LogP contribution in [0.15, 0.2) is 18.5 Å². The standard InChI is InChI=1S/C22H25Cl2F3N6O2/c23-16-7-15-18(8-17(16)24)30-12-31-20(15)28-10-19(34)33-6-3-14(11-33)32-4-1-13(2-5-32)9-29-21(35)22(25,26)27/h7-8,12-14H,1-6,9-11H2,(H,29,35)(H,28,30,31). The van der Waals surface area contributed by atoms with Gasteiger partial charge < -0.3 is 15.5 Å². The maximum absolute atomic E-state index is 12.8. The van der Waals surface area contributed by atoms with E-state index in [2.05, 4.69) is 20.2 Å². The number of amides is 2. The van der Waals surface area contributed by atoms with Crippen LogP contribution >= 0.6 is 23.2 Å². The molecule has 13 heteroatoms. The maximum Gasteiger partial charge on any atom is 0.471 e. The molecule has 2 aliphatic heterocycles. The molecule has 0 radical (unpaired) electrons. The zero-order chi connectivity index (χ0) is 25.2. The van der Waals surface area contributed by atoms with Gasteiger partial charge in [0.05, 0.1) is 22.1 Å². The molecule has 2 aromatic rings. The third-order valence-electron chi connectivity index (χ3n) is 6.57. The number of piperidine rings is 1. The molecule has 2 fully saturated rings. The highest BCUT2D eigenvalue weighted by molar-refractivity contribution is 6.42. The lowest BCUT2D eigenvalue weighted by atomic mass is 9.95. The van der Waals surface area contributed by atoms with Gasteiger partial charge in [0.1, 0.15) is 12.1 Å². The first-order valence-corrected chi connectivity index (χ1v) is 12.1. The minimum atomic E-state index is -4.85. The second kappa shape index (κ2) is 10.7. The molecule has 2 N–H and O–H groups in total. The Morgan fingerprint density at radius 3 is 2.49 bits per heavy atom. The van der Waals surface area contributed by atoms with E-state index in [0.717, 1.165) is 19.5 Å². The summed E-state index contributed by atoms with van der Waals surface area (Å²) in [5.74, 6) is -1.42. The van der Waals surface area contributed by atoms with Crippen LogP contribution in [0, 0.1) is 5.92 Å². The molecule has 2 saturated heterocycles. The van der Waals surface area contributed by atoms with Crippen LogP contribution in [0.2, 0.25) is 10.0 Å². The Morgan fingerprint density at radius 2 is 1.77 bits per heavy atom. The van der Waals surface area contributed by atoms with E-state index < -0.39 is 12.1 Å². The summed E-state index contributed by atoms with van der Waals surface area (Å²) in [5, 5.41) is 6.48. The molecule has 0 saturated carbocycles. The highest BCUT2D eigenvalue weighted by Crippen LogP contribution is 2.30. The quantitative estimate of drug-likeness (QED) is 0.593. The second-order valence-corrected chi connectivity index (χ2v) is 9.64. The van der Waals surface area contributed by atoms with E-state index in [4.69, 9.17) is 23.2 Å². The first-order valence-electron chi connectivity index (χ1n) is 11.3. The summed E-state index contributed by atoms with van der Waals surface area (Å²) in [6.45, 7) is 2.80. The van der Waals surface area contributed by atoms with Crippen molar-refractivity contribution in [1.29, 1.82) is 0 Å². The third-order valence-corrected chi connectivity index (χ3v) is 7.30. The van der Waals surface area contributed by atoms with Crippen molar-refractivity contribution in [2.75, 3.05) is 44.6 Å². The summed E-state index contributed by atoms with van der Waals surface area (Å²) >= 11 is 12.2. The van der Waals surface area contributed by atoms with E-state index in [-0.39, 0.29) is 31.0 Å². The Labute approximate surface area is 210 Å². The molecule has 3 heterocycles. The van der Waals surface area contributed by atoms with Gasteiger partial charge in [-0.15, -0.1) is 0 Å². The van der Waals surface area contributed by atoms with Gasteiger partial charge in [-0.3, -0.25) is 14.5 Å². The first kappa shape index (κ1) is 25.7. The van der Waals surface area contributed by atoms with Crippen LogP contribution < -0.4 is 10.6 Å². The molecule has 1 aromatic carbocycles. The van der Waals surface area contributed by atoms with Gasteiger partial charge in [0, 0.05) is 31.1 Å². The minimum absolute atomic E-state index is 0.0203. The van der Waals surface area contributed by atoms with Gasteiger partial charge in [0.25, 0.3) is 0 Å². The SMILES string of the molecule is O=C(CNc1ncnc2cc(Cl)c(Cl)cc12)N1CCC(N2CCC(CNC(=O)C(F)(F)F)CC2)C1. The molecule has 0 spiro atoms. The lowest BCUT2D eigenvalue weighted by Gasteiger charge is -2.36. The number of hydrogen-bond acceptors (Lipinski definition) is 6. The first-order chi connectivity index (χ1) is 16.6. The van der Waals surface area contributed by atoms with E-state index in [1.54, 1.807) is 17.0 Å². The number of carbonyl (C=O) groups is 2. The number of hydrogen-bond donors (Lipinski definition) is 2. The molecule has 1 aromatic heterocycles. The largest absolute Gasteiger partial charge is 0.471 e. The summed E-state index contributed by atoms with van der Waals surface area (Å²) in [4.78, 5) is 36.3. The molecule has 1 atom stereocenters. The van der Waals surface area contributed by atoms with Crippen LogP contribution in [0.4, 0.5) is 19.0 Å². The predicted molar refractivity (Wildman–Crippen MR) is 126 cm³/mol. The molecule has 190 valence electrons. The van der Waals surface area contributed by atoms with Crippen molar-refractivity contribution < 1.29 is 22.8 Å². The summed E-state index contributed by atoms with van der Waals surface area (Å²) in [5.41, 5.74) is 0.618. The van der Waals surface area contributed by atoms with Gasteiger partial charge in [-0.1, -0.05) is 23.2 Å². The fraction of sp³-hybridized carbons (Fsp3) is 0.545. The van der Waals surface area contributed by atoms with Crippen molar-refractivity contribution in [3.63, 3.8) is 0 Å². The van der Waals surface area contributed by atoms with E-state index >= 15 is 0 Å². The number of fused-ring (bicyclic) bond motifs is 1. The highest BCUT2D eigenvalue weighted by Gasteiger charge is 2.39. The van der Waals surface area contributed by atoms with Crippen LogP contribution in [0.5, 0.6) is 0 Å². The summed E-state index contributed by atoms with van der Waals surface area (Å²) in [7, 11) is 0. The fourth-order valence-electron chi connectivity index (χ4n) is 4.59. The number of anilines is 1. The van der Waals surface area contributed by atoms with Crippen molar-refractivity contribution in [3.8, 4) is 0 Å². The number of carbonyl (C=O) groups excluding carboxylic acids is 2. The number of likely N-dealkylation sites (tertiary alicyclic amines) is 2. The second-order valence-electron chi connectivity index (χ2n) is 8.83. The van der Waals surface area contributed by atoms with Gasteiger partial charge in [-0.05, 0) is 50.4 Å². The Bertz CT molecular complexity index is 1090. The molecular formula is C22H25Cl2F3N6O2. The van der Waals surface area contributed by atoms with Gasteiger partial charge >= 0.3 is 12.1 Å².